The summed E-state index contributed by atoms with van der Waals surface area (Å²) in [6.07, 6.45) is 1.97. The van der Waals surface area contributed by atoms with Crippen LogP contribution in [0, 0.1) is 0 Å². The van der Waals surface area contributed by atoms with Gasteiger partial charge in [0.05, 0.1) is 6.61 Å². The highest BCUT2D eigenvalue weighted by molar-refractivity contribution is 7.03. The van der Waals surface area contributed by atoms with Gasteiger partial charge in [-0.05, 0) is 35.5 Å². The van der Waals surface area contributed by atoms with E-state index in [9.17, 15) is 4.79 Å². The highest BCUT2D eigenvalue weighted by Gasteiger charge is 2.42. The maximum absolute atomic E-state index is 12.6. The zero-order chi connectivity index (χ0) is 18.0. The molecule has 7 heteroatoms. The average Bonchev–Trinajstić information content (AvgIpc) is 3.21. The monoisotopic (exact) mass is 372 g/mol. The molecule has 0 N–H and O–H groups in total. The molecule has 2 aliphatic heterocycles. The summed E-state index contributed by atoms with van der Waals surface area (Å²) in [6.45, 7) is 5.24. The van der Waals surface area contributed by atoms with E-state index in [-0.39, 0.29) is 11.3 Å². The predicted octanol–water partition coefficient (Wildman–Crippen LogP) is 2.17. The van der Waals surface area contributed by atoms with Crippen molar-refractivity contribution in [1.29, 1.82) is 0 Å². The summed E-state index contributed by atoms with van der Waals surface area (Å²) in [5, 5.41) is 5.66. The Morgan fingerprint density at radius 2 is 2.12 bits per heavy atom. The molecule has 2 aliphatic rings. The molecule has 138 valence electrons. The molecule has 6 nitrogen and oxygen atoms in total. The molecule has 1 saturated heterocycles. The van der Waals surface area contributed by atoms with Gasteiger partial charge in [-0.3, -0.25) is 9.69 Å². The number of likely N-dealkylation sites (tertiary alicyclic amines) is 1. The molecule has 3 heterocycles. The van der Waals surface area contributed by atoms with Crippen molar-refractivity contribution in [2.24, 2.45) is 0 Å². The quantitative estimate of drug-likeness (QED) is 0.823. The summed E-state index contributed by atoms with van der Waals surface area (Å²) in [7, 11) is 1.76. The normalized spacial score (nSPS) is 19.5. The number of carbonyl (C=O) groups excluding carboxylic acids is 1. The van der Waals surface area contributed by atoms with Gasteiger partial charge < -0.3 is 9.64 Å². The molecule has 0 radical (unpaired) electrons. The van der Waals surface area contributed by atoms with Gasteiger partial charge in [0.2, 0.25) is 0 Å². The third-order valence-corrected chi connectivity index (χ3v) is 6.21. The van der Waals surface area contributed by atoms with Crippen molar-refractivity contribution in [2.75, 3.05) is 39.9 Å². The maximum Gasteiger partial charge on any atom is 0.275 e. The summed E-state index contributed by atoms with van der Waals surface area (Å²) in [5.41, 5.74) is 3.48. The Bertz CT molecular complexity index is 757. The van der Waals surface area contributed by atoms with Gasteiger partial charge in [0.1, 0.15) is 0 Å². The fourth-order valence-electron chi connectivity index (χ4n) is 4.35. The van der Waals surface area contributed by atoms with E-state index in [1.165, 1.54) is 22.7 Å². The van der Waals surface area contributed by atoms with Crippen LogP contribution >= 0.6 is 11.5 Å². The fourth-order valence-corrected chi connectivity index (χ4v) is 4.78. The number of piperidine rings is 1. The molecule has 0 atom stereocenters. The van der Waals surface area contributed by atoms with Crippen LogP contribution in [0.2, 0.25) is 0 Å². The minimum atomic E-state index is 0.00827. The minimum absolute atomic E-state index is 0.00827. The van der Waals surface area contributed by atoms with Crippen LogP contribution in [0.3, 0.4) is 0 Å². The molecule has 1 amide bonds. The number of fused-ring (bicyclic) bond motifs is 2. The zero-order valence-corrected chi connectivity index (χ0v) is 15.9. The standard InChI is InChI=1S/C19H24N4O2S/c1-25-11-10-22-12-15-4-2-3-5-16(15)19(14-22)6-8-23(9-7-19)18(24)17-13-26-21-20-17/h2-5,13H,6-12,14H2,1H3. The van der Waals surface area contributed by atoms with Crippen molar-refractivity contribution in [1.82, 2.24) is 19.4 Å². The Labute approximate surface area is 157 Å². The van der Waals surface area contributed by atoms with E-state index in [0.717, 1.165) is 52.2 Å². The van der Waals surface area contributed by atoms with Crippen molar-refractivity contribution < 1.29 is 9.53 Å². The van der Waals surface area contributed by atoms with E-state index in [1.807, 2.05) is 4.90 Å². The van der Waals surface area contributed by atoms with Crippen LogP contribution < -0.4 is 0 Å². The number of methoxy groups -OCH3 is 1. The van der Waals surface area contributed by atoms with E-state index in [1.54, 1.807) is 12.5 Å². The summed E-state index contributed by atoms with van der Waals surface area (Å²) in [6, 6.07) is 8.80. The first kappa shape index (κ1) is 17.6. The number of carbonyl (C=O) groups is 1. The van der Waals surface area contributed by atoms with E-state index in [0.29, 0.717) is 5.69 Å². The molecule has 26 heavy (non-hydrogen) atoms. The number of hydrogen-bond acceptors (Lipinski definition) is 6. The maximum atomic E-state index is 12.6. The van der Waals surface area contributed by atoms with Crippen LogP contribution in [-0.4, -0.2) is 65.2 Å². The molecule has 1 spiro atoms. The van der Waals surface area contributed by atoms with Gasteiger partial charge in [-0.15, -0.1) is 5.10 Å². The summed E-state index contributed by atoms with van der Waals surface area (Å²) in [5.74, 6) is 0.00827. The first-order chi connectivity index (χ1) is 12.7. The summed E-state index contributed by atoms with van der Waals surface area (Å²) < 4.78 is 9.11. The molecule has 1 aromatic carbocycles. The lowest BCUT2D eigenvalue weighted by atomic mass is 9.69. The Hall–Kier alpha value is -1.83. The molecule has 1 fully saturated rings. The number of ether oxygens (including phenoxy) is 1. The summed E-state index contributed by atoms with van der Waals surface area (Å²) in [4.78, 5) is 17.0. The number of nitrogens with zero attached hydrogens (tertiary/aromatic N) is 4. The lowest BCUT2D eigenvalue weighted by Gasteiger charge is -2.48. The molecule has 2 aromatic rings. The Balaban J connectivity index is 1.53. The lowest BCUT2D eigenvalue weighted by Crippen LogP contribution is -2.53. The predicted molar refractivity (Wildman–Crippen MR) is 100 cm³/mol. The van der Waals surface area contributed by atoms with Crippen LogP contribution in [-0.2, 0) is 16.7 Å². The third-order valence-electron chi connectivity index (χ3n) is 5.71. The number of amides is 1. The number of benzene rings is 1. The Morgan fingerprint density at radius 3 is 2.85 bits per heavy atom. The van der Waals surface area contributed by atoms with Gasteiger partial charge in [0, 0.05) is 50.6 Å². The van der Waals surface area contributed by atoms with Crippen LogP contribution in [0.1, 0.15) is 34.5 Å². The van der Waals surface area contributed by atoms with Gasteiger partial charge in [-0.2, -0.15) is 0 Å². The minimum Gasteiger partial charge on any atom is -0.383 e. The molecule has 0 unspecified atom stereocenters. The Kier molecular flexibility index (Phi) is 5.02. The SMILES string of the molecule is COCCN1Cc2ccccc2C2(CCN(C(=O)c3csnn3)CC2)C1. The van der Waals surface area contributed by atoms with E-state index >= 15 is 0 Å². The van der Waals surface area contributed by atoms with Crippen molar-refractivity contribution in [3.8, 4) is 0 Å². The van der Waals surface area contributed by atoms with E-state index in [4.69, 9.17) is 4.74 Å². The largest absolute Gasteiger partial charge is 0.383 e. The van der Waals surface area contributed by atoms with E-state index in [2.05, 4.69) is 38.8 Å². The third kappa shape index (κ3) is 3.26. The molecule has 0 aliphatic carbocycles. The van der Waals surface area contributed by atoms with E-state index < -0.39 is 0 Å². The molecular weight excluding hydrogens is 348 g/mol. The van der Waals surface area contributed by atoms with Crippen LogP contribution in [0.25, 0.3) is 0 Å². The highest BCUT2D eigenvalue weighted by Crippen LogP contribution is 2.41. The van der Waals surface area contributed by atoms with Gasteiger partial charge >= 0.3 is 0 Å². The first-order valence-electron chi connectivity index (χ1n) is 9.08. The van der Waals surface area contributed by atoms with Crippen LogP contribution in [0.4, 0.5) is 0 Å². The smallest absolute Gasteiger partial charge is 0.275 e. The topological polar surface area (TPSA) is 58.6 Å². The molecule has 0 saturated carbocycles. The van der Waals surface area contributed by atoms with Gasteiger partial charge in [-0.25, -0.2) is 0 Å². The van der Waals surface area contributed by atoms with Gasteiger partial charge in [0.25, 0.3) is 5.91 Å². The number of rotatable bonds is 4. The second-order valence-corrected chi connectivity index (χ2v) is 7.83. The molecule has 1 aromatic heterocycles. The highest BCUT2D eigenvalue weighted by atomic mass is 32.1. The number of hydrogen-bond donors (Lipinski definition) is 0. The molecule has 4 rings (SSSR count). The molecular formula is C19H24N4O2S. The Morgan fingerprint density at radius 1 is 1.31 bits per heavy atom. The van der Waals surface area contributed by atoms with Gasteiger partial charge in [-0.1, -0.05) is 28.8 Å². The fraction of sp³-hybridized carbons (Fsp3) is 0.526. The lowest BCUT2D eigenvalue weighted by molar-refractivity contribution is 0.0553. The van der Waals surface area contributed by atoms with Crippen molar-refractivity contribution in [3.63, 3.8) is 0 Å². The van der Waals surface area contributed by atoms with Gasteiger partial charge in [0.15, 0.2) is 5.69 Å². The van der Waals surface area contributed by atoms with Crippen LogP contribution in [0.5, 0.6) is 0 Å². The van der Waals surface area contributed by atoms with Crippen molar-refractivity contribution in [3.05, 3.63) is 46.5 Å². The van der Waals surface area contributed by atoms with Crippen molar-refractivity contribution >= 4 is 17.4 Å². The van der Waals surface area contributed by atoms with Crippen molar-refractivity contribution in [2.45, 2.75) is 24.8 Å². The number of aromatic nitrogens is 2. The zero-order valence-electron chi connectivity index (χ0n) is 15.1. The second-order valence-electron chi connectivity index (χ2n) is 7.22. The molecule has 0 bridgehead atoms. The second kappa shape index (κ2) is 7.42. The average molecular weight is 372 g/mol. The first-order valence-corrected chi connectivity index (χ1v) is 9.91. The van der Waals surface area contributed by atoms with Crippen LogP contribution in [0.15, 0.2) is 29.6 Å². The summed E-state index contributed by atoms with van der Waals surface area (Å²) >= 11 is 1.22.